The van der Waals surface area contributed by atoms with E-state index in [9.17, 15) is 14.0 Å². The number of carbonyl (C=O) groups is 2. The van der Waals surface area contributed by atoms with E-state index in [1.165, 1.54) is 18.5 Å². The van der Waals surface area contributed by atoms with Gasteiger partial charge in [0, 0.05) is 12.4 Å². The summed E-state index contributed by atoms with van der Waals surface area (Å²) in [5.74, 6) is -2.81. The molecule has 2 aromatic heterocycles. The minimum absolute atomic E-state index is 0.0663. The van der Waals surface area contributed by atoms with Crippen molar-refractivity contribution in [3.63, 3.8) is 0 Å². The van der Waals surface area contributed by atoms with Gasteiger partial charge in [0.05, 0.1) is 6.20 Å². The van der Waals surface area contributed by atoms with E-state index in [0.29, 0.717) is 0 Å². The first-order chi connectivity index (χ1) is 9.08. The second-order valence-corrected chi connectivity index (χ2v) is 3.37. The lowest BCUT2D eigenvalue weighted by molar-refractivity contribution is 0.0691. The van der Waals surface area contributed by atoms with Crippen molar-refractivity contribution in [3.05, 3.63) is 47.9 Å². The first-order valence-corrected chi connectivity index (χ1v) is 5.05. The molecule has 0 bridgehead atoms. The highest BCUT2D eigenvalue weighted by molar-refractivity contribution is 6.05. The molecule has 0 aliphatic carbocycles. The number of amides is 1. The van der Waals surface area contributed by atoms with E-state index in [1.807, 2.05) is 0 Å². The van der Waals surface area contributed by atoms with Gasteiger partial charge in [-0.1, -0.05) is 0 Å². The second-order valence-electron chi connectivity index (χ2n) is 3.37. The molecule has 0 spiro atoms. The zero-order valence-corrected chi connectivity index (χ0v) is 9.37. The quantitative estimate of drug-likeness (QED) is 0.853. The van der Waals surface area contributed by atoms with Gasteiger partial charge in [0.15, 0.2) is 11.5 Å². The van der Waals surface area contributed by atoms with Crippen LogP contribution >= 0.6 is 0 Å². The van der Waals surface area contributed by atoms with Gasteiger partial charge in [0.25, 0.3) is 5.91 Å². The highest BCUT2D eigenvalue weighted by Gasteiger charge is 2.16. The normalized spacial score (nSPS) is 9.95. The average Bonchev–Trinajstić information content (AvgIpc) is 2.39. The van der Waals surface area contributed by atoms with Crippen LogP contribution in [-0.2, 0) is 0 Å². The zero-order chi connectivity index (χ0) is 13.8. The van der Waals surface area contributed by atoms with Crippen molar-refractivity contribution in [3.8, 4) is 0 Å². The van der Waals surface area contributed by atoms with Crippen molar-refractivity contribution in [2.75, 3.05) is 5.32 Å². The Labute approximate surface area is 106 Å². The summed E-state index contributed by atoms with van der Waals surface area (Å²) in [7, 11) is 0. The summed E-state index contributed by atoms with van der Waals surface area (Å²) in [6, 6.07) is 2.23. The molecule has 2 rings (SSSR count). The topological polar surface area (TPSA) is 105 Å². The molecule has 0 fully saturated rings. The van der Waals surface area contributed by atoms with Gasteiger partial charge in [-0.2, -0.15) is 0 Å². The van der Waals surface area contributed by atoms with Crippen molar-refractivity contribution in [1.82, 2.24) is 15.0 Å². The maximum Gasteiger partial charge on any atom is 0.358 e. The Bertz CT molecular complexity index is 630. The Kier molecular flexibility index (Phi) is 3.42. The molecule has 96 valence electrons. The van der Waals surface area contributed by atoms with Crippen LogP contribution in [0.4, 0.5) is 10.2 Å². The van der Waals surface area contributed by atoms with Crippen LogP contribution < -0.4 is 5.32 Å². The first kappa shape index (κ1) is 12.6. The predicted octanol–water partition coefficient (Wildman–Crippen LogP) is 0.961. The van der Waals surface area contributed by atoms with Crippen molar-refractivity contribution >= 4 is 17.7 Å². The second kappa shape index (κ2) is 5.17. The molecular formula is C11H7FN4O3. The minimum Gasteiger partial charge on any atom is -0.476 e. The number of aromatic nitrogens is 3. The summed E-state index contributed by atoms with van der Waals surface area (Å²) in [4.78, 5) is 33.5. The highest BCUT2D eigenvalue weighted by Crippen LogP contribution is 2.09. The van der Waals surface area contributed by atoms with Crippen LogP contribution in [0.1, 0.15) is 21.0 Å². The third-order valence-corrected chi connectivity index (χ3v) is 2.09. The molecule has 0 saturated carbocycles. The van der Waals surface area contributed by atoms with Crippen LogP contribution in [-0.4, -0.2) is 31.9 Å². The number of hydrogen-bond acceptors (Lipinski definition) is 5. The number of carbonyl (C=O) groups excluding carboxylic acids is 1. The van der Waals surface area contributed by atoms with E-state index in [2.05, 4.69) is 20.3 Å². The van der Waals surface area contributed by atoms with Gasteiger partial charge in [0.1, 0.15) is 11.5 Å². The minimum atomic E-state index is -1.32. The van der Waals surface area contributed by atoms with Crippen molar-refractivity contribution in [2.45, 2.75) is 0 Å². The number of pyridine rings is 1. The lowest BCUT2D eigenvalue weighted by Crippen LogP contribution is -2.18. The SMILES string of the molecule is O=C(Nc1nccnc1C(=O)O)c1ccc(F)cn1. The Hall–Kier alpha value is -2.90. The number of carboxylic acids is 1. The molecule has 2 N–H and O–H groups in total. The van der Waals surface area contributed by atoms with Crippen molar-refractivity contribution in [2.24, 2.45) is 0 Å². The summed E-state index contributed by atoms with van der Waals surface area (Å²) in [5, 5.41) is 11.1. The Balaban J connectivity index is 2.24. The van der Waals surface area contributed by atoms with E-state index in [-0.39, 0.29) is 11.5 Å². The Morgan fingerprint density at radius 2 is 1.89 bits per heavy atom. The third kappa shape index (κ3) is 2.86. The number of rotatable bonds is 3. The molecule has 2 aromatic rings. The monoisotopic (exact) mass is 262 g/mol. The molecule has 0 atom stereocenters. The molecule has 7 nitrogen and oxygen atoms in total. The van der Waals surface area contributed by atoms with E-state index in [0.717, 1.165) is 12.3 Å². The fraction of sp³-hybridized carbons (Fsp3) is 0. The average molecular weight is 262 g/mol. The first-order valence-electron chi connectivity index (χ1n) is 5.05. The van der Waals surface area contributed by atoms with Gasteiger partial charge in [-0.25, -0.2) is 24.1 Å². The fourth-order valence-corrected chi connectivity index (χ4v) is 1.27. The maximum absolute atomic E-state index is 12.7. The molecule has 8 heteroatoms. The fourth-order valence-electron chi connectivity index (χ4n) is 1.27. The summed E-state index contributed by atoms with van der Waals surface area (Å²) in [5.41, 5.74) is -0.457. The lowest BCUT2D eigenvalue weighted by atomic mass is 10.3. The van der Waals surface area contributed by atoms with Gasteiger partial charge >= 0.3 is 5.97 Å². The number of aromatic carboxylic acids is 1. The molecule has 0 radical (unpaired) electrons. The molecule has 0 aliphatic rings. The molecule has 0 saturated heterocycles. The number of anilines is 1. The lowest BCUT2D eigenvalue weighted by Gasteiger charge is -2.05. The summed E-state index contributed by atoms with van der Waals surface area (Å²) >= 11 is 0. The molecule has 0 unspecified atom stereocenters. The van der Waals surface area contributed by atoms with E-state index >= 15 is 0 Å². The number of halogens is 1. The molecule has 1 amide bonds. The van der Waals surface area contributed by atoms with Crippen LogP contribution in [0.3, 0.4) is 0 Å². The van der Waals surface area contributed by atoms with Gasteiger partial charge in [0.2, 0.25) is 0 Å². The number of hydrogen-bond donors (Lipinski definition) is 2. The largest absolute Gasteiger partial charge is 0.476 e. The van der Waals surface area contributed by atoms with Crippen molar-refractivity contribution in [1.29, 1.82) is 0 Å². The van der Waals surface area contributed by atoms with Crippen molar-refractivity contribution < 1.29 is 19.1 Å². The molecular weight excluding hydrogens is 255 g/mol. The van der Waals surface area contributed by atoms with Crippen LogP contribution in [0.25, 0.3) is 0 Å². The molecule has 19 heavy (non-hydrogen) atoms. The summed E-state index contributed by atoms with van der Waals surface area (Å²) < 4.78 is 12.7. The van der Waals surface area contributed by atoms with E-state index in [1.54, 1.807) is 0 Å². The maximum atomic E-state index is 12.7. The van der Waals surface area contributed by atoms with Gasteiger partial charge in [-0.3, -0.25) is 4.79 Å². The smallest absolute Gasteiger partial charge is 0.358 e. The van der Waals surface area contributed by atoms with Gasteiger partial charge in [-0.05, 0) is 12.1 Å². The van der Waals surface area contributed by atoms with Gasteiger partial charge in [-0.15, -0.1) is 0 Å². The zero-order valence-electron chi connectivity index (χ0n) is 9.37. The Morgan fingerprint density at radius 3 is 2.53 bits per heavy atom. The van der Waals surface area contributed by atoms with Gasteiger partial charge < -0.3 is 10.4 Å². The van der Waals surface area contributed by atoms with Crippen LogP contribution in [0, 0.1) is 5.82 Å². The third-order valence-electron chi connectivity index (χ3n) is 2.09. The van der Waals surface area contributed by atoms with Crippen LogP contribution in [0.2, 0.25) is 0 Å². The number of nitrogens with zero attached hydrogens (tertiary/aromatic N) is 3. The predicted molar refractivity (Wildman–Crippen MR) is 61.1 cm³/mol. The van der Waals surface area contributed by atoms with E-state index in [4.69, 9.17) is 5.11 Å². The van der Waals surface area contributed by atoms with E-state index < -0.39 is 23.4 Å². The van der Waals surface area contributed by atoms with Crippen LogP contribution in [0.15, 0.2) is 30.7 Å². The summed E-state index contributed by atoms with van der Waals surface area (Å²) in [6.45, 7) is 0. The van der Waals surface area contributed by atoms with Crippen LogP contribution in [0.5, 0.6) is 0 Å². The Morgan fingerprint density at radius 1 is 1.16 bits per heavy atom. The standard InChI is InChI=1S/C11H7FN4O3/c12-6-1-2-7(15-5-6)10(17)16-9-8(11(18)19)13-3-4-14-9/h1-5H,(H,18,19)(H,14,16,17). The molecule has 0 aromatic carbocycles. The molecule has 2 heterocycles. The highest BCUT2D eigenvalue weighted by atomic mass is 19.1. The molecule has 0 aliphatic heterocycles. The number of carboxylic acid groups (broad SMARTS) is 1. The number of nitrogens with one attached hydrogen (secondary N) is 1. The summed E-state index contributed by atoms with van der Waals surface area (Å²) in [6.07, 6.45) is 3.30.